The van der Waals surface area contributed by atoms with Crippen molar-refractivity contribution in [1.82, 2.24) is 5.32 Å². The standard InChI is InChI=1S/C22H29N3O2/c23-13-14-24-21(26)19(15-16-7-2-1-3-8-16)22(27)25-20-12-6-10-17-9-4-5-11-18(17)20/h6,10,12,16,19H,1-5,7-9,11,14-15H2,(H,24,26)(H,25,27). The monoisotopic (exact) mass is 367 g/mol. The Kier molecular flexibility index (Phi) is 6.86. The number of aryl methyl sites for hydroxylation is 1. The molecule has 2 aliphatic carbocycles. The second-order valence-electron chi connectivity index (χ2n) is 7.81. The van der Waals surface area contributed by atoms with Crippen LogP contribution in [-0.4, -0.2) is 18.4 Å². The van der Waals surface area contributed by atoms with Crippen LogP contribution >= 0.6 is 0 Å². The first-order valence-electron chi connectivity index (χ1n) is 10.3. The highest BCUT2D eigenvalue weighted by Crippen LogP contribution is 2.31. The third-order valence-electron chi connectivity index (χ3n) is 5.92. The molecule has 27 heavy (non-hydrogen) atoms. The van der Waals surface area contributed by atoms with Crippen LogP contribution < -0.4 is 10.6 Å². The Hall–Kier alpha value is -2.35. The zero-order valence-electron chi connectivity index (χ0n) is 15.9. The van der Waals surface area contributed by atoms with Gasteiger partial charge in [0.15, 0.2) is 0 Å². The van der Waals surface area contributed by atoms with Crippen LogP contribution in [0.2, 0.25) is 0 Å². The molecule has 0 radical (unpaired) electrons. The topological polar surface area (TPSA) is 82.0 Å². The predicted molar refractivity (Wildman–Crippen MR) is 105 cm³/mol. The van der Waals surface area contributed by atoms with Crippen molar-refractivity contribution in [2.45, 2.75) is 64.2 Å². The molecule has 1 aromatic carbocycles. The fraction of sp³-hybridized carbons (Fsp3) is 0.591. The van der Waals surface area contributed by atoms with Gasteiger partial charge in [0.1, 0.15) is 12.5 Å². The minimum Gasteiger partial charge on any atom is -0.342 e. The lowest BCUT2D eigenvalue weighted by atomic mass is 9.82. The van der Waals surface area contributed by atoms with Crippen molar-refractivity contribution in [2.75, 3.05) is 11.9 Å². The van der Waals surface area contributed by atoms with E-state index in [0.29, 0.717) is 12.3 Å². The summed E-state index contributed by atoms with van der Waals surface area (Å²) in [5, 5.41) is 14.4. The number of nitrogens with one attached hydrogen (secondary N) is 2. The minimum atomic E-state index is -0.735. The molecule has 0 saturated heterocycles. The van der Waals surface area contributed by atoms with Crippen LogP contribution in [0.15, 0.2) is 18.2 Å². The highest BCUT2D eigenvalue weighted by Gasteiger charge is 2.31. The van der Waals surface area contributed by atoms with E-state index < -0.39 is 5.92 Å². The molecule has 1 fully saturated rings. The van der Waals surface area contributed by atoms with Crippen LogP contribution in [0.3, 0.4) is 0 Å². The second-order valence-corrected chi connectivity index (χ2v) is 7.81. The molecule has 3 rings (SSSR count). The lowest BCUT2D eigenvalue weighted by Crippen LogP contribution is -2.40. The van der Waals surface area contributed by atoms with Crippen LogP contribution in [0, 0.1) is 23.2 Å². The Morgan fingerprint density at radius 2 is 1.85 bits per heavy atom. The summed E-state index contributed by atoms with van der Waals surface area (Å²) >= 11 is 0. The summed E-state index contributed by atoms with van der Waals surface area (Å²) in [5.74, 6) is -0.896. The van der Waals surface area contributed by atoms with E-state index in [1.165, 1.54) is 36.8 Å². The number of anilines is 1. The van der Waals surface area contributed by atoms with Gasteiger partial charge in [-0.3, -0.25) is 9.59 Å². The molecule has 1 atom stereocenters. The highest BCUT2D eigenvalue weighted by molar-refractivity contribution is 6.06. The van der Waals surface area contributed by atoms with Gasteiger partial charge in [-0.05, 0) is 55.2 Å². The molecule has 1 unspecified atom stereocenters. The number of hydrogen-bond acceptors (Lipinski definition) is 3. The van der Waals surface area contributed by atoms with Crippen molar-refractivity contribution in [2.24, 2.45) is 11.8 Å². The average Bonchev–Trinajstić information content (AvgIpc) is 2.71. The first-order valence-corrected chi connectivity index (χ1v) is 10.3. The lowest BCUT2D eigenvalue weighted by molar-refractivity contribution is -0.133. The van der Waals surface area contributed by atoms with Gasteiger partial charge >= 0.3 is 0 Å². The minimum absolute atomic E-state index is 0.0615. The van der Waals surface area contributed by atoms with Gasteiger partial charge in [-0.25, -0.2) is 0 Å². The van der Waals surface area contributed by atoms with Gasteiger partial charge in [-0.1, -0.05) is 44.2 Å². The highest BCUT2D eigenvalue weighted by atomic mass is 16.2. The Balaban J connectivity index is 1.73. The molecule has 0 spiro atoms. The van der Waals surface area contributed by atoms with Gasteiger partial charge in [-0.15, -0.1) is 0 Å². The summed E-state index contributed by atoms with van der Waals surface area (Å²) in [5.41, 5.74) is 3.36. The molecular weight excluding hydrogens is 338 g/mol. The molecule has 5 heteroatoms. The maximum Gasteiger partial charge on any atom is 0.236 e. The average molecular weight is 367 g/mol. The smallest absolute Gasteiger partial charge is 0.236 e. The third-order valence-corrected chi connectivity index (χ3v) is 5.92. The lowest BCUT2D eigenvalue weighted by Gasteiger charge is -2.26. The van der Waals surface area contributed by atoms with Crippen molar-refractivity contribution >= 4 is 17.5 Å². The number of amides is 2. The number of rotatable bonds is 6. The number of carbonyl (C=O) groups excluding carboxylic acids is 2. The van der Waals surface area contributed by atoms with Gasteiger partial charge in [0.25, 0.3) is 0 Å². The zero-order valence-corrected chi connectivity index (χ0v) is 15.9. The molecule has 2 N–H and O–H groups in total. The largest absolute Gasteiger partial charge is 0.342 e. The second kappa shape index (κ2) is 9.55. The summed E-state index contributed by atoms with van der Waals surface area (Å²) < 4.78 is 0. The van der Waals surface area contributed by atoms with E-state index in [9.17, 15) is 9.59 Å². The summed E-state index contributed by atoms with van der Waals surface area (Å²) in [6.07, 6.45) is 10.6. The first-order chi connectivity index (χ1) is 13.2. The molecule has 1 aromatic rings. The molecule has 2 amide bonds. The van der Waals surface area contributed by atoms with E-state index in [0.717, 1.165) is 37.8 Å². The van der Waals surface area contributed by atoms with Gasteiger partial charge in [0, 0.05) is 5.69 Å². The number of fused-ring (bicyclic) bond motifs is 1. The summed E-state index contributed by atoms with van der Waals surface area (Å²) in [6.45, 7) is -0.0615. The molecule has 0 aliphatic heterocycles. The van der Waals surface area contributed by atoms with Crippen LogP contribution in [-0.2, 0) is 22.4 Å². The summed E-state index contributed by atoms with van der Waals surface area (Å²) in [6, 6.07) is 7.97. The summed E-state index contributed by atoms with van der Waals surface area (Å²) in [4.78, 5) is 25.6. The molecule has 2 aliphatic rings. The van der Waals surface area contributed by atoms with Gasteiger partial charge in [0.05, 0.1) is 6.07 Å². The number of hydrogen-bond donors (Lipinski definition) is 2. The Bertz CT molecular complexity index is 717. The molecule has 0 aromatic heterocycles. The van der Waals surface area contributed by atoms with E-state index >= 15 is 0 Å². The Morgan fingerprint density at radius 3 is 2.63 bits per heavy atom. The van der Waals surface area contributed by atoms with Gasteiger partial charge in [0.2, 0.25) is 11.8 Å². The molecular formula is C22H29N3O2. The maximum absolute atomic E-state index is 13.0. The van der Waals surface area contributed by atoms with Crippen LogP contribution in [0.25, 0.3) is 0 Å². The van der Waals surface area contributed by atoms with Crippen molar-refractivity contribution in [1.29, 1.82) is 5.26 Å². The SMILES string of the molecule is N#CCNC(=O)C(CC1CCCCC1)C(=O)Nc1cccc2c1CCCC2. The van der Waals surface area contributed by atoms with Crippen LogP contribution in [0.4, 0.5) is 5.69 Å². The maximum atomic E-state index is 13.0. The Labute approximate surface area is 161 Å². The fourth-order valence-corrected chi connectivity index (χ4v) is 4.46. The third kappa shape index (κ3) is 5.09. The predicted octanol–water partition coefficient (Wildman–Crippen LogP) is 3.73. The van der Waals surface area contributed by atoms with Gasteiger partial charge in [-0.2, -0.15) is 5.26 Å². The normalized spacial score (nSPS) is 18.0. The van der Waals surface area contributed by atoms with Crippen LogP contribution in [0.5, 0.6) is 0 Å². The molecule has 0 heterocycles. The quantitative estimate of drug-likeness (QED) is 0.594. The van der Waals surface area contributed by atoms with Crippen molar-refractivity contribution in [3.8, 4) is 6.07 Å². The first kappa shape index (κ1) is 19.4. The van der Waals surface area contributed by atoms with E-state index in [1.54, 1.807) is 0 Å². The van der Waals surface area contributed by atoms with Crippen molar-refractivity contribution < 1.29 is 9.59 Å². The molecule has 144 valence electrons. The number of carbonyl (C=O) groups is 2. The van der Waals surface area contributed by atoms with Crippen molar-refractivity contribution in [3.63, 3.8) is 0 Å². The fourth-order valence-electron chi connectivity index (χ4n) is 4.46. The van der Waals surface area contributed by atoms with Crippen molar-refractivity contribution in [3.05, 3.63) is 29.3 Å². The number of nitriles is 1. The van der Waals surface area contributed by atoms with E-state index in [2.05, 4.69) is 16.7 Å². The Morgan fingerprint density at radius 1 is 1.07 bits per heavy atom. The molecule has 1 saturated carbocycles. The van der Waals surface area contributed by atoms with E-state index in [-0.39, 0.29) is 18.4 Å². The molecule has 5 nitrogen and oxygen atoms in total. The number of benzene rings is 1. The summed E-state index contributed by atoms with van der Waals surface area (Å²) in [7, 11) is 0. The van der Waals surface area contributed by atoms with E-state index in [4.69, 9.17) is 5.26 Å². The zero-order chi connectivity index (χ0) is 19.1. The molecule has 0 bridgehead atoms. The number of nitrogens with zero attached hydrogens (tertiary/aromatic N) is 1. The van der Waals surface area contributed by atoms with Gasteiger partial charge < -0.3 is 10.6 Å². The van der Waals surface area contributed by atoms with Crippen LogP contribution in [0.1, 0.15) is 62.5 Å². The van der Waals surface area contributed by atoms with E-state index in [1.807, 2.05) is 18.2 Å².